The van der Waals surface area contributed by atoms with Crippen molar-refractivity contribution in [2.24, 2.45) is 10.2 Å². The first-order valence-electron chi connectivity index (χ1n) is 11.7. The quantitative estimate of drug-likeness (QED) is 0.424. The van der Waals surface area contributed by atoms with E-state index in [1.165, 1.54) is 11.3 Å². The predicted molar refractivity (Wildman–Crippen MR) is 129 cm³/mol. The molecule has 2 aromatic heterocycles. The lowest BCUT2D eigenvalue weighted by atomic mass is 10.0. The van der Waals surface area contributed by atoms with Crippen LogP contribution in [0.15, 0.2) is 28.0 Å². The van der Waals surface area contributed by atoms with Gasteiger partial charge in [0.2, 0.25) is 11.8 Å². The summed E-state index contributed by atoms with van der Waals surface area (Å²) in [4.78, 5) is 40.7. The molecule has 1 aliphatic heterocycles. The number of thiazole rings is 1. The summed E-state index contributed by atoms with van der Waals surface area (Å²) in [7, 11) is 0. The zero-order valence-electron chi connectivity index (χ0n) is 19.7. The van der Waals surface area contributed by atoms with Crippen molar-refractivity contribution in [2.45, 2.75) is 82.5 Å². The van der Waals surface area contributed by atoms with E-state index in [1.54, 1.807) is 17.3 Å². The second-order valence-electron chi connectivity index (χ2n) is 9.39. The van der Waals surface area contributed by atoms with Gasteiger partial charge < -0.3 is 15.2 Å². The number of nitrogens with one attached hydrogen (secondary N) is 2. The second kappa shape index (κ2) is 10.1. The largest absolute Gasteiger partial charge is 0.349 e. The summed E-state index contributed by atoms with van der Waals surface area (Å²) < 4.78 is 0. The average Bonchev–Trinajstić information content (AvgIpc) is 3.61. The topological polar surface area (TPSA) is 116 Å². The second-order valence-corrected chi connectivity index (χ2v) is 10.3. The van der Waals surface area contributed by atoms with E-state index < -0.39 is 11.7 Å². The number of aromatic nitrogens is 3. The fourth-order valence-electron chi connectivity index (χ4n) is 3.93. The van der Waals surface area contributed by atoms with E-state index in [9.17, 15) is 9.59 Å². The van der Waals surface area contributed by atoms with E-state index in [2.05, 4.69) is 36.4 Å². The van der Waals surface area contributed by atoms with Crippen LogP contribution in [0.2, 0.25) is 0 Å². The zero-order chi connectivity index (χ0) is 24.2. The number of hydrogen-bond acceptors (Lipinski definition) is 7. The number of aryl methyl sites for hydroxylation is 2. The van der Waals surface area contributed by atoms with Crippen molar-refractivity contribution in [3.63, 3.8) is 0 Å². The molecule has 0 radical (unpaired) electrons. The van der Waals surface area contributed by atoms with Crippen LogP contribution in [0.25, 0.3) is 0 Å². The summed E-state index contributed by atoms with van der Waals surface area (Å²) >= 11 is 1.41. The Morgan fingerprint density at radius 2 is 2.15 bits per heavy atom. The third-order valence-electron chi connectivity index (χ3n) is 6.34. The van der Waals surface area contributed by atoms with Crippen LogP contribution in [0.5, 0.6) is 0 Å². The van der Waals surface area contributed by atoms with Crippen LogP contribution >= 0.6 is 11.3 Å². The maximum absolute atomic E-state index is 13.6. The summed E-state index contributed by atoms with van der Waals surface area (Å²) in [5.41, 5.74) is 0.0938. The van der Waals surface area contributed by atoms with Gasteiger partial charge in [-0.25, -0.2) is 9.97 Å². The number of carbonyl (C=O) groups is 2. The van der Waals surface area contributed by atoms with Crippen molar-refractivity contribution in [3.8, 4) is 12.3 Å². The number of H-pyrrole nitrogens is 1. The molecular formula is C24H31N7O2S. The third kappa shape index (κ3) is 6.08. The SMILES string of the molecule is C#CCCC1(CCC(=O)N(CCCc2ncc[nH]2)C(C(=O)NC2(C)CC2)c2nc(C)cs2)N=N1. The Bertz CT molecular complexity index is 1080. The molecule has 10 heteroatoms. The standard InChI is InChI=1S/C24H31N7O2S/c1-4-5-9-24(29-30-24)10-8-19(32)31(15-6-7-18-25-13-14-26-18)20(22-27-17(2)16-34-22)21(33)28-23(3)11-12-23/h1,13-14,16,20H,5-12,15H2,2-3H3,(H,25,26)(H,28,33). The van der Waals surface area contributed by atoms with Crippen molar-refractivity contribution >= 4 is 23.2 Å². The van der Waals surface area contributed by atoms with E-state index in [1.807, 2.05) is 19.2 Å². The van der Waals surface area contributed by atoms with E-state index >= 15 is 0 Å². The molecular weight excluding hydrogens is 450 g/mol. The molecule has 180 valence electrons. The van der Waals surface area contributed by atoms with E-state index in [-0.39, 0.29) is 23.8 Å². The highest BCUT2D eigenvalue weighted by Gasteiger charge is 2.44. The molecule has 3 heterocycles. The first-order chi connectivity index (χ1) is 16.3. The maximum atomic E-state index is 13.6. The molecule has 0 bridgehead atoms. The molecule has 0 saturated heterocycles. The number of imidazole rings is 1. The predicted octanol–water partition coefficient (Wildman–Crippen LogP) is 3.70. The Morgan fingerprint density at radius 1 is 1.35 bits per heavy atom. The summed E-state index contributed by atoms with van der Waals surface area (Å²) in [6, 6.07) is -0.769. The van der Waals surface area contributed by atoms with Crippen molar-refractivity contribution in [2.75, 3.05) is 6.54 Å². The molecule has 34 heavy (non-hydrogen) atoms. The van der Waals surface area contributed by atoms with E-state index in [0.29, 0.717) is 43.7 Å². The Morgan fingerprint density at radius 3 is 2.74 bits per heavy atom. The van der Waals surface area contributed by atoms with Gasteiger partial charge >= 0.3 is 0 Å². The Kier molecular flexibility index (Phi) is 7.12. The van der Waals surface area contributed by atoms with Crippen molar-refractivity contribution in [1.82, 2.24) is 25.2 Å². The molecule has 1 fully saturated rings. The average molecular weight is 482 g/mol. The summed E-state index contributed by atoms with van der Waals surface area (Å²) in [5.74, 6) is 3.19. The van der Waals surface area contributed by atoms with Crippen LogP contribution in [0.3, 0.4) is 0 Å². The summed E-state index contributed by atoms with van der Waals surface area (Å²) in [6.07, 6.45) is 14.0. The van der Waals surface area contributed by atoms with E-state index in [4.69, 9.17) is 6.42 Å². The number of carbonyl (C=O) groups excluding carboxylic acids is 2. The van der Waals surface area contributed by atoms with Gasteiger partial charge in [0.05, 0.1) is 0 Å². The molecule has 1 saturated carbocycles. The minimum Gasteiger partial charge on any atom is -0.349 e. The van der Waals surface area contributed by atoms with Crippen molar-refractivity contribution in [3.05, 3.63) is 34.3 Å². The van der Waals surface area contributed by atoms with Crippen LogP contribution in [0.4, 0.5) is 0 Å². The highest BCUT2D eigenvalue weighted by atomic mass is 32.1. The highest BCUT2D eigenvalue weighted by Crippen LogP contribution is 2.39. The lowest BCUT2D eigenvalue weighted by Gasteiger charge is -2.31. The maximum Gasteiger partial charge on any atom is 0.250 e. The van der Waals surface area contributed by atoms with Crippen LogP contribution in [-0.4, -0.2) is 49.4 Å². The lowest BCUT2D eigenvalue weighted by molar-refractivity contribution is -0.141. The van der Waals surface area contributed by atoms with Gasteiger partial charge in [-0.1, -0.05) is 0 Å². The lowest BCUT2D eigenvalue weighted by Crippen LogP contribution is -2.47. The molecule has 0 spiro atoms. The van der Waals surface area contributed by atoms with Crippen LogP contribution in [0.1, 0.15) is 74.4 Å². The van der Waals surface area contributed by atoms with Crippen LogP contribution in [-0.2, 0) is 16.0 Å². The molecule has 1 unspecified atom stereocenters. The fraction of sp³-hybridized carbons (Fsp3) is 0.583. The number of amides is 2. The number of rotatable bonds is 13. The number of nitrogens with zero attached hydrogens (tertiary/aromatic N) is 5. The fourth-order valence-corrected chi connectivity index (χ4v) is 4.84. The van der Waals surface area contributed by atoms with Crippen molar-refractivity contribution < 1.29 is 9.59 Å². The molecule has 2 aromatic rings. The van der Waals surface area contributed by atoms with Gasteiger partial charge in [-0.05, 0) is 33.1 Å². The summed E-state index contributed by atoms with van der Waals surface area (Å²) in [5, 5.41) is 14.0. The molecule has 2 aliphatic rings. The Balaban J connectivity index is 1.52. The zero-order valence-corrected chi connectivity index (χ0v) is 20.5. The molecule has 0 aromatic carbocycles. The van der Waals surface area contributed by atoms with Gasteiger partial charge in [0.25, 0.3) is 0 Å². The monoisotopic (exact) mass is 481 g/mol. The number of terminal acetylenes is 1. The molecule has 1 atom stereocenters. The number of hydrogen-bond donors (Lipinski definition) is 2. The molecule has 1 aliphatic carbocycles. The van der Waals surface area contributed by atoms with Gasteiger partial charge in [-0.2, -0.15) is 10.2 Å². The van der Waals surface area contributed by atoms with Gasteiger partial charge in [0, 0.05) is 67.7 Å². The minimum absolute atomic E-state index is 0.106. The molecule has 2 amide bonds. The molecule has 2 N–H and O–H groups in total. The van der Waals surface area contributed by atoms with Crippen LogP contribution < -0.4 is 5.32 Å². The minimum atomic E-state index is -0.769. The normalized spacial score (nSPS) is 17.6. The summed E-state index contributed by atoms with van der Waals surface area (Å²) in [6.45, 7) is 4.34. The highest BCUT2D eigenvalue weighted by molar-refractivity contribution is 7.09. The smallest absolute Gasteiger partial charge is 0.250 e. The van der Waals surface area contributed by atoms with Gasteiger partial charge in [0.1, 0.15) is 10.8 Å². The van der Waals surface area contributed by atoms with Crippen LogP contribution in [0, 0.1) is 19.3 Å². The Hall–Kier alpha value is -3.06. The molecule has 9 nitrogen and oxygen atoms in total. The van der Waals surface area contributed by atoms with Gasteiger partial charge in [-0.15, -0.1) is 23.7 Å². The van der Waals surface area contributed by atoms with E-state index in [0.717, 1.165) is 24.4 Å². The Labute approximate surface area is 203 Å². The third-order valence-corrected chi connectivity index (χ3v) is 7.35. The first kappa shape index (κ1) is 24.1. The van der Waals surface area contributed by atoms with Gasteiger partial charge in [-0.3, -0.25) is 9.59 Å². The van der Waals surface area contributed by atoms with Crippen molar-refractivity contribution in [1.29, 1.82) is 0 Å². The van der Waals surface area contributed by atoms with Gasteiger partial charge in [0.15, 0.2) is 11.7 Å². The first-order valence-corrected chi connectivity index (χ1v) is 12.6. The molecule has 4 rings (SSSR count). The number of aromatic amines is 1.